The number of nitrogens with one attached hydrogen (secondary N) is 1. The molecule has 0 saturated carbocycles. The third kappa shape index (κ3) is 5.37. The number of hydrogen-bond donors (Lipinski definition) is 1. The lowest BCUT2D eigenvalue weighted by atomic mass is 9.90. The Bertz CT molecular complexity index is 429. The first-order valence-corrected chi connectivity index (χ1v) is 7.02. The summed E-state index contributed by atoms with van der Waals surface area (Å²) < 4.78 is 13.5. The molecule has 0 fully saturated rings. The maximum Gasteiger partial charge on any atom is 0.224 e. The third-order valence-corrected chi connectivity index (χ3v) is 3.48. The van der Waals surface area contributed by atoms with E-state index in [9.17, 15) is 9.18 Å². The molecule has 1 rings (SSSR count). The predicted molar refractivity (Wildman–Crippen MR) is 77.2 cm³/mol. The highest BCUT2D eigenvalue weighted by Crippen LogP contribution is 2.21. The quantitative estimate of drug-likeness (QED) is 0.796. The van der Waals surface area contributed by atoms with Crippen molar-refractivity contribution in [2.24, 2.45) is 5.41 Å². The van der Waals surface area contributed by atoms with Gasteiger partial charge in [-0.3, -0.25) is 4.79 Å². The van der Waals surface area contributed by atoms with Crippen LogP contribution in [0.5, 0.6) is 0 Å². The molecule has 1 aromatic carbocycles. The molecular weight excluding hydrogens is 288 g/mol. The van der Waals surface area contributed by atoms with Gasteiger partial charge in [0.05, 0.1) is 6.42 Å². The van der Waals surface area contributed by atoms with E-state index in [2.05, 4.69) is 5.32 Å². The second-order valence-corrected chi connectivity index (χ2v) is 6.04. The van der Waals surface area contributed by atoms with E-state index in [0.29, 0.717) is 12.4 Å². The Hall–Kier alpha value is -0.800. The fraction of sp³-hybridized carbons (Fsp3) is 0.500. The molecule has 0 aliphatic rings. The molecule has 0 unspecified atom stereocenters. The van der Waals surface area contributed by atoms with E-state index in [1.54, 1.807) is 6.07 Å². The Balaban J connectivity index is 2.57. The summed E-state index contributed by atoms with van der Waals surface area (Å²) in [5.74, 6) is -0.153. The standard InChI is InChI=1S/C14H18Cl2FNO/c1-14(2,6-7-15)9-18-13(19)8-10-11(16)4-3-5-12(10)17/h3-5H,6-9H2,1-2H3,(H,18,19). The van der Waals surface area contributed by atoms with Crippen LogP contribution < -0.4 is 5.32 Å². The zero-order chi connectivity index (χ0) is 14.5. The average Bonchev–Trinajstić information content (AvgIpc) is 2.32. The fourth-order valence-corrected chi connectivity index (χ4v) is 2.35. The summed E-state index contributed by atoms with van der Waals surface area (Å²) in [4.78, 5) is 11.8. The van der Waals surface area contributed by atoms with Gasteiger partial charge in [0.25, 0.3) is 0 Å². The number of rotatable bonds is 6. The summed E-state index contributed by atoms with van der Waals surface area (Å²) >= 11 is 11.6. The first-order valence-electron chi connectivity index (χ1n) is 6.11. The zero-order valence-corrected chi connectivity index (χ0v) is 12.6. The summed E-state index contributed by atoms with van der Waals surface area (Å²) in [5.41, 5.74) is 0.160. The molecule has 0 bridgehead atoms. The van der Waals surface area contributed by atoms with Crippen molar-refractivity contribution >= 4 is 29.1 Å². The van der Waals surface area contributed by atoms with E-state index in [4.69, 9.17) is 23.2 Å². The van der Waals surface area contributed by atoms with Gasteiger partial charge in [0.15, 0.2) is 0 Å². The maximum atomic E-state index is 13.5. The van der Waals surface area contributed by atoms with Crippen LogP contribution in [0.2, 0.25) is 5.02 Å². The molecule has 0 saturated heterocycles. The Morgan fingerprint density at radius 3 is 2.68 bits per heavy atom. The molecular formula is C14H18Cl2FNO. The van der Waals surface area contributed by atoms with Gasteiger partial charge in [-0.05, 0) is 24.0 Å². The molecule has 19 heavy (non-hydrogen) atoms. The van der Waals surface area contributed by atoms with Gasteiger partial charge in [-0.1, -0.05) is 31.5 Å². The van der Waals surface area contributed by atoms with E-state index >= 15 is 0 Å². The van der Waals surface area contributed by atoms with Crippen molar-refractivity contribution in [2.75, 3.05) is 12.4 Å². The summed E-state index contributed by atoms with van der Waals surface area (Å²) in [6, 6.07) is 4.39. The van der Waals surface area contributed by atoms with Crippen molar-refractivity contribution < 1.29 is 9.18 Å². The van der Waals surface area contributed by atoms with Gasteiger partial charge >= 0.3 is 0 Å². The number of hydrogen-bond acceptors (Lipinski definition) is 1. The zero-order valence-electron chi connectivity index (χ0n) is 11.1. The van der Waals surface area contributed by atoms with Crippen LogP contribution in [0.25, 0.3) is 0 Å². The summed E-state index contributed by atoms with van der Waals surface area (Å²) in [7, 11) is 0. The van der Waals surface area contributed by atoms with Crippen LogP contribution in [0.4, 0.5) is 4.39 Å². The molecule has 0 aliphatic heterocycles. The molecule has 0 aliphatic carbocycles. The summed E-state index contributed by atoms with van der Waals surface area (Å²) in [6.45, 7) is 4.54. The molecule has 1 amide bonds. The van der Waals surface area contributed by atoms with Crippen LogP contribution in [-0.2, 0) is 11.2 Å². The van der Waals surface area contributed by atoms with E-state index in [0.717, 1.165) is 6.42 Å². The van der Waals surface area contributed by atoms with Gasteiger partial charge in [0.1, 0.15) is 5.82 Å². The lowest BCUT2D eigenvalue weighted by Gasteiger charge is -2.23. The van der Waals surface area contributed by atoms with Gasteiger partial charge in [-0.15, -0.1) is 11.6 Å². The van der Waals surface area contributed by atoms with Gasteiger partial charge < -0.3 is 5.32 Å². The van der Waals surface area contributed by atoms with Crippen molar-refractivity contribution in [3.63, 3.8) is 0 Å². The Kier molecular flexibility index (Phi) is 6.08. The number of benzene rings is 1. The topological polar surface area (TPSA) is 29.1 Å². The summed E-state index contributed by atoms with van der Waals surface area (Å²) in [6.07, 6.45) is 0.748. The third-order valence-electron chi connectivity index (χ3n) is 2.93. The van der Waals surface area contributed by atoms with Crippen molar-refractivity contribution in [3.8, 4) is 0 Å². The maximum absolute atomic E-state index is 13.5. The minimum Gasteiger partial charge on any atom is -0.355 e. The lowest BCUT2D eigenvalue weighted by molar-refractivity contribution is -0.120. The van der Waals surface area contributed by atoms with Gasteiger partial charge in [0.2, 0.25) is 5.91 Å². The number of carbonyl (C=O) groups is 1. The van der Waals surface area contributed by atoms with Gasteiger partial charge in [-0.25, -0.2) is 4.39 Å². The monoisotopic (exact) mass is 305 g/mol. The number of halogens is 3. The molecule has 1 N–H and O–H groups in total. The average molecular weight is 306 g/mol. The Morgan fingerprint density at radius 2 is 2.11 bits per heavy atom. The van der Waals surface area contributed by atoms with E-state index in [1.165, 1.54) is 12.1 Å². The van der Waals surface area contributed by atoms with Gasteiger partial charge in [-0.2, -0.15) is 0 Å². The minimum absolute atomic E-state index is 0.0531. The Morgan fingerprint density at radius 1 is 1.42 bits per heavy atom. The van der Waals surface area contributed by atoms with E-state index in [1.807, 2.05) is 13.8 Å². The van der Waals surface area contributed by atoms with E-state index in [-0.39, 0.29) is 28.3 Å². The SMILES string of the molecule is CC(C)(CCCl)CNC(=O)Cc1c(F)cccc1Cl. The highest BCUT2D eigenvalue weighted by molar-refractivity contribution is 6.31. The van der Waals surface area contributed by atoms with Crippen molar-refractivity contribution in [2.45, 2.75) is 26.7 Å². The first-order chi connectivity index (χ1) is 8.85. The molecule has 0 heterocycles. The molecule has 5 heteroatoms. The largest absolute Gasteiger partial charge is 0.355 e. The Labute approximate surface area is 123 Å². The normalized spacial score (nSPS) is 11.4. The summed E-state index contributed by atoms with van der Waals surface area (Å²) in [5, 5.41) is 3.06. The predicted octanol–water partition coefficient (Wildman–Crippen LogP) is 3.79. The molecule has 1 aromatic rings. The van der Waals surface area contributed by atoms with Crippen molar-refractivity contribution in [1.82, 2.24) is 5.32 Å². The van der Waals surface area contributed by atoms with Crippen LogP contribution >= 0.6 is 23.2 Å². The van der Waals surface area contributed by atoms with Crippen LogP contribution in [-0.4, -0.2) is 18.3 Å². The minimum atomic E-state index is -0.456. The number of alkyl halides is 1. The van der Waals surface area contributed by atoms with E-state index < -0.39 is 5.82 Å². The van der Waals surface area contributed by atoms with Crippen LogP contribution in [0, 0.1) is 11.2 Å². The highest BCUT2D eigenvalue weighted by Gasteiger charge is 2.19. The molecule has 0 aromatic heterocycles. The fourth-order valence-electron chi connectivity index (χ4n) is 1.61. The highest BCUT2D eigenvalue weighted by atomic mass is 35.5. The van der Waals surface area contributed by atoms with Crippen LogP contribution in [0.3, 0.4) is 0 Å². The second kappa shape index (κ2) is 7.11. The first kappa shape index (κ1) is 16.3. The molecule has 0 radical (unpaired) electrons. The number of amides is 1. The number of carbonyl (C=O) groups excluding carboxylic acids is 1. The van der Waals surface area contributed by atoms with Gasteiger partial charge in [0, 0.05) is 23.0 Å². The van der Waals surface area contributed by atoms with Crippen LogP contribution in [0.15, 0.2) is 18.2 Å². The van der Waals surface area contributed by atoms with Crippen LogP contribution in [0.1, 0.15) is 25.8 Å². The molecule has 106 valence electrons. The van der Waals surface area contributed by atoms with Crippen molar-refractivity contribution in [3.05, 3.63) is 34.6 Å². The lowest BCUT2D eigenvalue weighted by Crippen LogP contribution is -2.35. The molecule has 0 atom stereocenters. The molecule has 0 spiro atoms. The second-order valence-electron chi connectivity index (χ2n) is 5.26. The molecule has 2 nitrogen and oxygen atoms in total. The smallest absolute Gasteiger partial charge is 0.224 e. The van der Waals surface area contributed by atoms with Crippen molar-refractivity contribution in [1.29, 1.82) is 0 Å².